The predicted molar refractivity (Wildman–Crippen MR) is 109 cm³/mol. The molecular weight excluding hydrogens is 360 g/mol. The molecule has 2 heterocycles. The molecule has 0 spiro atoms. The highest BCUT2D eigenvalue weighted by molar-refractivity contribution is 6.31. The first-order valence-electron chi connectivity index (χ1n) is 8.89. The van der Waals surface area contributed by atoms with Gasteiger partial charge in [0.05, 0.1) is 12.8 Å². The fourth-order valence-corrected chi connectivity index (χ4v) is 3.50. The van der Waals surface area contributed by atoms with Crippen LogP contribution in [0.25, 0.3) is 0 Å². The molecule has 0 saturated carbocycles. The minimum Gasteiger partial charge on any atom is -0.495 e. The van der Waals surface area contributed by atoms with Gasteiger partial charge in [-0.15, -0.1) is 0 Å². The second-order valence-electron chi connectivity index (χ2n) is 6.63. The van der Waals surface area contributed by atoms with Gasteiger partial charge in [0.2, 0.25) is 0 Å². The highest BCUT2D eigenvalue weighted by Crippen LogP contribution is 2.33. The lowest BCUT2D eigenvalue weighted by molar-refractivity contribution is 0.416. The van der Waals surface area contributed by atoms with Crippen LogP contribution in [0.2, 0.25) is 5.02 Å². The van der Waals surface area contributed by atoms with E-state index in [9.17, 15) is 0 Å². The zero-order chi connectivity index (χ0) is 18.8. The van der Waals surface area contributed by atoms with Crippen molar-refractivity contribution in [1.82, 2.24) is 9.97 Å². The van der Waals surface area contributed by atoms with Gasteiger partial charge < -0.3 is 15.0 Å². The average molecular weight is 381 g/mol. The van der Waals surface area contributed by atoms with Crippen molar-refractivity contribution in [2.75, 3.05) is 23.9 Å². The van der Waals surface area contributed by atoms with E-state index < -0.39 is 0 Å². The third-order valence-corrected chi connectivity index (χ3v) is 5.26. The molecule has 0 bridgehead atoms. The van der Waals surface area contributed by atoms with Gasteiger partial charge in [-0.3, -0.25) is 0 Å². The number of aromatic nitrogens is 2. The summed E-state index contributed by atoms with van der Waals surface area (Å²) in [6.07, 6.45) is 2.61. The molecule has 0 atom stereocenters. The molecule has 0 fully saturated rings. The Balaban J connectivity index is 1.58. The third-order valence-electron chi connectivity index (χ3n) is 4.85. The summed E-state index contributed by atoms with van der Waals surface area (Å²) in [7, 11) is 1.63. The first-order valence-corrected chi connectivity index (χ1v) is 9.27. The molecule has 0 radical (unpaired) electrons. The summed E-state index contributed by atoms with van der Waals surface area (Å²) in [6, 6.07) is 14.3. The first kappa shape index (κ1) is 17.6. The predicted octanol–water partition coefficient (Wildman–Crippen LogP) is 4.75. The maximum Gasteiger partial charge on any atom is 0.143 e. The van der Waals surface area contributed by atoms with Crippen LogP contribution in [0.4, 0.5) is 17.3 Å². The molecule has 0 aliphatic carbocycles. The summed E-state index contributed by atoms with van der Waals surface area (Å²) >= 11 is 6.20. The number of benzene rings is 2. The first-order chi connectivity index (χ1) is 13.1. The number of rotatable bonds is 4. The SMILES string of the molecule is COc1cc(Cl)c(C)cc1Nc1cc(N2CCc3ccccc3C2)ncn1. The Labute approximate surface area is 164 Å². The van der Waals surface area contributed by atoms with Gasteiger partial charge >= 0.3 is 0 Å². The molecule has 138 valence electrons. The second kappa shape index (κ2) is 7.45. The van der Waals surface area contributed by atoms with Gasteiger partial charge in [-0.05, 0) is 36.1 Å². The number of aryl methyl sites for hydroxylation is 1. The summed E-state index contributed by atoms with van der Waals surface area (Å²) in [4.78, 5) is 11.1. The van der Waals surface area contributed by atoms with Gasteiger partial charge in [0.15, 0.2) is 0 Å². The van der Waals surface area contributed by atoms with Crippen molar-refractivity contribution in [1.29, 1.82) is 0 Å². The number of anilines is 3. The lowest BCUT2D eigenvalue weighted by Crippen LogP contribution is -2.31. The lowest BCUT2D eigenvalue weighted by atomic mass is 10.00. The number of methoxy groups -OCH3 is 1. The third kappa shape index (κ3) is 3.69. The molecule has 1 aromatic heterocycles. The van der Waals surface area contributed by atoms with Gasteiger partial charge in [0, 0.05) is 30.2 Å². The number of halogens is 1. The monoisotopic (exact) mass is 380 g/mol. The van der Waals surface area contributed by atoms with Gasteiger partial charge in [0.25, 0.3) is 0 Å². The van der Waals surface area contributed by atoms with E-state index in [2.05, 4.69) is 44.5 Å². The highest BCUT2D eigenvalue weighted by atomic mass is 35.5. The van der Waals surface area contributed by atoms with Crippen LogP contribution in [0.5, 0.6) is 5.75 Å². The zero-order valence-corrected chi connectivity index (χ0v) is 16.1. The largest absolute Gasteiger partial charge is 0.495 e. The van der Waals surface area contributed by atoms with E-state index in [1.54, 1.807) is 13.4 Å². The molecule has 1 aliphatic heterocycles. The van der Waals surface area contributed by atoms with E-state index in [0.717, 1.165) is 42.4 Å². The van der Waals surface area contributed by atoms with E-state index in [0.29, 0.717) is 10.8 Å². The number of nitrogens with one attached hydrogen (secondary N) is 1. The summed E-state index contributed by atoms with van der Waals surface area (Å²) in [6.45, 7) is 3.76. The molecule has 6 heteroatoms. The topological polar surface area (TPSA) is 50.3 Å². The lowest BCUT2D eigenvalue weighted by Gasteiger charge is -2.29. The van der Waals surface area contributed by atoms with Gasteiger partial charge in [-0.2, -0.15) is 0 Å². The Kier molecular flexibility index (Phi) is 4.86. The van der Waals surface area contributed by atoms with Crippen molar-refractivity contribution < 1.29 is 4.74 Å². The Bertz CT molecular complexity index is 976. The number of nitrogens with zero attached hydrogens (tertiary/aromatic N) is 3. The molecule has 3 aromatic rings. The number of fused-ring (bicyclic) bond motifs is 1. The molecule has 1 N–H and O–H groups in total. The van der Waals surface area contributed by atoms with Crippen LogP contribution < -0.4 is 15.0 Å². The molecule has 5 nitrogen and oxygen atoms in total. The molecule has 2 aromatic carbocycles. The van der Waals surface area contributed by atoms with Crippen LogP contribution in [0.1, 0.15) is 16.7 Å². The number of ether oxygens (including phenoxy) is 1. The van der Waals surface area contributed by atoms with E-state index in [1.807, 2.05) is 25.1 Å². The Hall–Kier alpha value is -2.79. The van der Waals surface area contributed by atoms with Crippen LogP contribution in [0, 0.1) is 6.92 Å². The average Bonchev–Trinajstić information content (AvgIpc) is 2.70. The van der Waals surface area contributed by atoms with Gasteiger partial charge in [-0.25, -0.2) is 9.97 Å². The van der Waals surface area contributed by atoms with E-state index in [1.165, 1.54) is 11.1 Å². The molecule has 4 rings (SSSR count). The summed E-state index contributed by atoms with van der Waals surface area (Å²) in [5.41, 5.74) is 4.57. The zero-order valence-electron chi connectivity index (χ0n) is 15.4. The van der Waals surface area contributed by atoms with Crippen LogP contribution in [0.3, 0.4) is 0 Å². The smallest absolute Gasteiger partial charge is 0.143 e. The molecular formula is C21H21ClN4O. The van der Waals surface area contributed by atoms with Crippen molar-refractivity contribution in [2.45, 2.75) is 19.9 Å². The van der Waals surface area contributed by atoms with Crippen LogP contribution in [-0.2, 0) is 13.0 Å². The van der Waals surface area contributed by atoms with E-state index in [4.69, 9.17) is 16.3 Å². The van der Waals surface area contributed by atoms with Crippen LogP contribution in [0.15, 0.2) is 48.8 Å². The molecule has 27 heavy (non-hydrogen) atoms. The summed E-state index contributed by atoms with van der Waals surface area (Å²) < 4.78 is 5.44. The molecule has 0 amide bonds. The van der Waals surface area contributed by atoms with Crippen molar-refractivity contribution in [2.24, 2.45) is 0 Å². The Morgan fingerprint density at radius 1 is 1.11 bits per heavy atom. The van der Waals surface area contributed by atoms with Crippen molar-refractivity contribution in [3.8, 4) is 5.75 Å². The summed E-state index contributed by atoms with van der Waals surface area (Å²) in [5.74, 6) is 2.31. The van der Waals surface area contributed by atoms with Crippen LogP contribution in [-0.4, -0.2) is 23.6 Å². The van der Waals surface area contributed by atoms with E-state index in [-0.39, 0.29) is 0 Å². The fourth-order valence-electron chi connectivity index (χ4n) is 3.35. The van der Waals surface area contributed by atoms with Crippen LogP contribution >= 0.6 is 11.6 Å². The Morgan fingerprint density at radius 3 is 2.74 bits per heavy atom. The quantitative estimate of drug-likeness (QED) is 0.707. The molecule has 0 unspecified atom stereocenters. The second-order valence-corrected chi connectivity index (χ2v) is 7.04. The van der Waals surface area contributed by atoms with Gasteiger partial charge in [-0.1, -0.05) is 35.9 Å². The fraction of sp³-hybridized carbons (Fsp3) is 0.238. The van der Waals surface area contributed by atoms with Crippen molar-refractivity contribution in [3.05, 3.63) is 70.5 Å². The molecule has 1 aliphatic rings. The maximum atomic E-state index is 6.20. The minimum atomic E-state index is 0.674. The summed E-state index contributed by atoms with van der Waals surface area (Å²) in [5, 5.41) is 4.00. The van der Waals surface area contributed by atoms with Crippen molar-refractivity contribution in [3.63, 3.8) is 0 Å². The molecule has 0 saturated heterocycles. The van der Waals surface area contributed by atoms with E-state index >= 15 is 0 Å². The number of hydrogen-bond donors (Lipinski definition) is 1. The Morgan fingerprint density at radius 2 is 1.93 bits per heavy atom. The minimum absolute atomic E-state index is 0.674. The van der Waals surface area contributed by atoms with Crippen molar-refractivity contribution >= 4 is 28.9 Å². The maximum absolute atomic E-state index is 6.20. The highest BCUT2D eigenvalue weighted by Gasteiger charge is 2.17. The normalized spacial score (nSPS) is 13.2. The van der Waals surface area contributed by atoms with Gasteiger partial charge in [0.1, 0.15) is 23.7 Å². The standard InChI is InChI=1S/C21H21ClN4O/c1-14-9-18(19(27-2)10-17(14)22)25-20-11-21(24-13-23-20)26-8-7-15-5-3-4-6-16(15)12-26/h3-6,9-11,13H,7-8,12H2,1-2H3,(H,23,24,25). The number of hydrogen-bond acceptors (Lipinski definition) is 5.